The van der Waals surface area contributed by atoms with E-state index < -0.39 is 18.4 Å². The maximum atomic E-state index is 11.8. The lowest BCUT2D eigenvalue weighted by atomic mass is 9.93. The molecule has 1 aliphatic heterocycles. The van der Waals surface area contributed by atoms with Crippen LogP contribution in [-0.4, -0.2) is 39.3 Å². The van der Waals surface area contributed by atoms with Gasteiger partial charge in [-0.1, -0.05) is 6.07 Å². The van der Waals surface area contributed by atoms with Gasteiger partial charge in [-0.3, -0.25) is 0 Å². The standard InChI is InChI=1S/C18H18O8/c1-2-24-18(23)26-16-8-11-13(21)6-10(19)7-15(11)25-17(16)9-3-4-12(20)14(22)5-9/h3-7,16-17,19-22H,2,8H2,1H3/t16-,17?/m1/s1. The fourth-order valence-electron chi connectivity index (χ4n) is 2.83. The number of phenols is 4. The highest BCUT2D eigenvalue weighted by molar-refractivity contribution is 5.61. The van der Waals surface area contributed by atoms with Gasteiger partial charge in [-0.05, 0) is 19.1 Å². The first kappa shape index (κ1) is 17.5. The smallest absolute Gasteiger partial charge is 0.508 e. The quantitative estimate of drug-likeness (QED) is 0.485. The molecular formula is C18H18O8. The molecule has 0 saturated heterocycles. The summed E-state index contributed by atoms with van der Waals surface area (Å²) in [5.41, 5.74) is 0.805. The number of hydrogen-bond donors (Lipinski definition) is 4. The van der Waals surface area contributed by atoms with Gasteiger partial charge in [0.1, 0.15) is 17.2 Å². The summed E-state index contributed by atoms with van der Waals surface area (Å²) >= 11 is 0. The van der Waals surface area contributed by atoms with Crippen molar-refractivity contribution in [2.75, 3.05) is 6.61 Å². The van der Waals surface area contributed by atoms with Gasteiger partial charge >= 0.3 is 6.16 Å². The predicted octanol–water partition coefficient (Wildman–Crippen LogP) is 2.73. The van der Waals surface area contributed by atoms with Gasteiger partial charge in [0, 0.05) is 29.7 Å². The van der Waals surface area contributed by atoms with E-state index in [0.717, 1.165) is 6.07 Å². The summed E-state index contributed by atoms with van der Waals surface area (Å²) in [7, 11) is 0. The minimum atomic E-state index is -0.893. The van der Waals surface area contributed by atoms with E-state index in [1.165, 1.54) is 24.3 Å². The van der Waals surface area contributed by atoms with Crippen LogP contribution in [0.2, 0.25) is 0 Å². The first-order valence-corrected chi connectivity index (χ1v) is 7.95. The van der Waals surface area contributed by atoms with E-state index >= 15 is 0 Å². The summed E-state index contributed by atoms with van der Waals surface area (Å²) in [5, 5.41) is 39.0. The van der Waals surface area contributed by atoms with Gasteiger partial charge in [-0.2, -0.15) is 0 Å². The summed E-state index contributed by atoms with van der Waals surface area (Å²) in [6, 6.07) is 6.58. The molecule has 8 nitrogen and oxygen atoms in total. The lowest BCUT2D eigenvalue weighted by Crippen LogP contribution is -2.35. The molecule has 2 atom stereocenters. The fourth-order valence-corrected chi connectivity index (χ4v) is 2.83. The molecule has 1 unspecified atom stereocenters. The molecule has 0 fully saturated rings. The Kier molecular flexibility index (Phi) is 4.66. The van der Waals surface area contributed by atoms with Gasteiger partial charge in [-0.15, -0.1) is 0 Å². The minimum Gasteiger partial charge on any atom is -0.508 e. The highest BCUT2D eigenvalue weighted by Gasteiger charge is 2.36. The van der Waals surface area contributed by atoms with Gasteiger partial charge in [0.05, 0.1) is 6.61 Å². The maximum Gasteiger partial charge on any atom is 0.508 e. The Hall–Kier alpha value is -3.29. The van der Waals surface area contributed by atoms with Crippen molar-refractivity contribution in [1.29, 1.82) is 0 Å². The van der Waals surface area contributed by atoms with Crippen LogP contribution in [-0.2, 0) is 15.9 Å². The Balaban J connectivity index is 1.99. The summed E-state index contributed by atoms with van der Waals surface area (Å²) in [5.74, 6) is -0.805. The van der Waals surface area contributed by atoms with Crippen LogP contribution in [0.1, 0.15) is 24.2 Å². The van der Waals surface area contributed by atoms with Crippen molar-refractivity contribution in [3.8, 4) is 28.7 Å². The van der Waals surface area contributed by atoms with E-state index in [9.17, 15) is 25.2 Å². The molecule has 26 heavy (non-hydrogen) atoms. The molecule has 0 radical (unpaired) electrons. The summed E-state index contributed by atoms with van der Waals surface area (Å²) in [6.45, 7) is 1.77. The Morgan fingerprint density at radius 2 is 1.88 bits per heavy atom. The Labute approximate surface area is 148 Å². The van der Waals surface area contributed by atoms with Crippen molar-refractivity contribution in [2.24, 2.45) is 0 Å². The highest BCUT2D eigenvalue weighted by Crippen LogP contribution is 2.43. The molecule has 0 aromatic heterocycles. The molecule has 4 N–H and O–H groups in total. The Morgan fingerprint density at radius 3 is 2.58 bits per heavy atom. The third-order valence-corrected chi connectivity index (χ3v) is 4.00. The van der Waals surface area contributed by atoms with Crippen LogP contribution in [0.15, 0.2) is 30.3 Å². The van der Waals surface area contributed by atoms with Crippen LogP contribution < -0.4 is 4.74 Å². The molecule has 0 bridgehead atoms. The SMILES string of the molecule is CCOC(=O)O[C@@H]1Cc2c(O)cc(O)cc2OC1c1ccc(O)c(O)c1. The molecule has 1 heterocycles. The zero-order chi connectivity index (χ0) is 18.8. The molecule has 8 heteroatoms. The molecule has 1 aliphatic rings. The topological polar surface area (TPSA) is 126 Å². The number of carbonyl (C=O) groups excluding carboxylic acids is 1. The van der Waals surface area contributed by atoms with Crippen LogP contribution in [0.5, 0.6) is 28.7 Å². The van der Waals surface area contributed by atoms with Crippen LogP contribution >= 0.6 is 0 Å². The molecule has 138 valence electrons. The fraction of sp³-hybridized carbons (Fsp3) is 0.278. The number of fused-ring (bicyclic) bond motifs is 1. The first-order valence-electron chi connectivity index (χ1n) is 7.95. The second-order valence-electron chi connectivity index (χ2n) is 5.77. The van der Waals surface area contributed by atoms with Crippen LogP contribution in [0.25, 0.3) is 0 Å². The van der Waals surface area contributed by atoms with Gasteiger partial charge in [0.25, 0.3) is 0 Å². The minimum absolute atomic E-state index is 0.104. The first-order chi connectivity index (χ1) is 12.4. The van der Waals surface area contributed by atoms with Gasteiger partial charge in [0.15, 0.2) is 23.7 Å². The van der Waals surface area contributed by atoms with Gasteiger partial charge in [-0.25, -0.2) is 4.79 Å². The van der Waals surface area contributed by atoms with Gasteiger partial charge < -0.3 is 34.6 Å². The monoisotopic (exact) mass is 362 g/mol. The van der Waals surface area contributed by atoms with E-state index in [2.05, 4.69) is 0 Å². The zero-order valence-corrected chi connectivity index (χ0v) is 13.9. The third kappa shape index (κ3) is 3.39. The van der Waals surface area contributed by atoms with Crippen molar-refractivity contribution >= 4 is 6.16 Å². The van der Waals surface area contributed by atoms with E-state index in [1.807, 2.05) is 0 Å². The normalized spacial score (nSPS) is 18.5. The van der Waals surface area contributed by atoms with E-state index in [0.29, 0.717) is 11.1 Å². The second kappa shape index (κ2) is 6.91. The molecule has 2 aromatic rings. The number of benzene rings is 2. The van der Waals surface area contributed by atoms with Crippen molar-refractivity contribution in [3.63, 3.8) is 0 Å². The molecule has 0 aliphatic carbocycles. The maximum absolute atomic E-state index is 11.8. The van der Waals surface area contributed by atoms with Crippen LogP contribution in [0, 0.1) is 0 Å². The number of rotatable bonds is 3. The van der Waals surface area contributed by atoms with Crippen molar-refractivity contribution in [1.82, 2.24) is 0 Å². The highest BCUT2D eigenvalue weighted by atomic mass is 16.7. The van der Waals surface area contributed by atoms with Crippen molar-refractivity contribution < 1.29 is 39.4 Å². The van der Waals surface area contributed by atoms with Crippen LogP contribution in [0.3, 0.4) is 0 Å². The number of carbonyl (C=O) groups is 1. The summed E-state index contributed by atoms with van der Waals surface area (Å²) in [4.78, 5) is 11.8. The van der Waals surface area contributed by atoms with Crippen molar-refractivity contribution in [3.05, 3.63) is 41.5 Å². The number of ether oxygens (including phenoxy) is 3. The molecule has 3 rings (SSSR count). The summed E-state index contributed by atoms with van der Waals surface area (Å²) in [6.07, 6.45) is -2.50. The van der Waals surface area contributed by atoms with Crippen molar-refractivity contribution in [2.45, 2.75) is 25.6 Å². The summed E-state index contributed by atoms with van der Waals surface area (Å²) < 4.78 is 15.9. The van der Waals surface area contributed by atoms with Gasteiger partial charge in [0.2, 0.25) is 0 Å². The number of phenolic OH excluding ortho intramolecular Hbond substituents is 4. The molecular weight excluding hydrogens is 344 g/mol. The third-order valence-electron chi connectivity index (χ3n) is 4.00. The molecule has 0 spiro atoms. The molecule has 2 aromatic carbocycles. The predicted molar refractivity (Wildman–Crippen MR) is 88.5 cm³/mol. The largest absolute Gasteiger partial charge is 0.508 e. The number of hydrogen-bond acceptors (Lipinski definition) is 8. The average Bonchev–Trinajstić information content (AvgIpc) is 2.57. The van der Waals surface area contributed by atoms with E-state index in [1.54, 1.807) is 6.92 Å². The Bertz CT molecular complexity index is 832. The Morgan fingerprint density at radius 1 is 1.12 bits per heavy atom. The average molecular weight is 362 g/mol. The lowest BCUT2D eigenvalue weighted by Gasteiger charge is -2.33. The molecule has 0 amide bonds. The lowest BCUT2D eigenvalue weighted by molar-refractivity contribution is -0.0310. The number of aromatic hydroxyl groups is 4. The zero-order valence-electron chi connectivity index (χ0n) is 13.9. The second-order valence-corrected chi connectivity index (χ2v) is 5.77. The molecule has 0 saturated carbocycles. The van der Waals surface area contributed by atoms with E-state index in [-0.39, 0.29) is 41.8 Å². The van der Waals surface area contributed by atoms with Crippen LogP contribution in [0.4, 0.5) is 4.79 Å². The van der Waals surface area contributed by atoms with E-state index in [4.69, 9.17) is 14.2 Å².